The van der Waals surface area contributed by atoms with Gasteiger partial charge in [-0.2, -0.15) is 0 Å². The molecule has 2 nitrogen and oxygen atoms in total. The van der Waals surface area contributed by atoms with Gasteiger partial charge in [-0.05, 0) is 24.1 Å². The topological polar surface area (TPSA) is 29.3 Å². The van der Waals surface area contributed by atoms with Crippen molar-refractivity contribution in [3.63, 3.8) is 0 Å². The number of hydrogen-bond acceptors (Lipinski definition) is 2. The lowest BCUT2D eigenvalue weighted by atomic mass is 10.2. The molecular weight excluding hydrogens is 196 g/mol. The van der Waals surface area contributed by atoms with Gasteiger partial charge in [0.05, 0.1) is 0 Å². The van der Waals surface area contributed by atoms with Crippen molar-refractivity contribution in [3.05, 3.63) is 34.9 Å². The average molecular weight is 211 g/mol. The molecule has 1 aromatic carbocycles. The summed E-state index contributed by atoms with van der Waals surface area (Å²) >= 11 is 5.82. The van der Waals surface area contributed by atoms with Crippen molar-refractivity contribution in [1.29, 1.82) is 0 Å². The maximum Gasteiger partial charge on any atom is 0.0406 e. The van der Waals surface area contributed by atoms with E-state index in [1.807, 2.05) is 12.1 Å². The van der Waals surface area contributed by atoms with Gasteiger partial charge in [-0.3, -0.25) is 4.90 Å². The fraction of sp³-hybridized carbons (Fsp3) is 0.455. The number of likely N-dealkylation sites (tertiary alicyclic amines) is 1. The highest BCUT2D eigenvalue weighted by atomic mass is 35.5. The van der Waals surface area contributed by atoms with Crippen molar-refractivity contribution >= 4 is 11.6 Å². The van der Waals surface area contributed by atoms with Crippen molar-refractivity contribution in [2.24, 2.45) is 5.73 Å². The Morgan fingerprint density at radius 2 is 2.07 bits per heavy atom. The van der Waals surface area contributed by atoms with E-state index in [1.165, 1.54) is 5.56 Å². The molecule has 0 spiro atoms. The van der Waals surface area contributed by atoms with E-state index in [0.717, 1.165) is 31.1 Å². The minimum absolute atomic E-state index is 0.363. The molecule has 1 atom stereocenters. The van der Waals surface area contributed by atoms with E-state index >= 15 is 0 Å². The third-order valence-corrected chi connectivity index (χ3v) is 2.88. The van der Waals surface area contributed by atoms with Crippen molar-refractivity contribution in [2.45, 2.75) is 19.0 Å². The largest absolute Gasteiger partial charge is 0.326 e. The zero-order chi connectivity index (χ0) is 9.97. The van der Waals surface area contributed by atoms with Gasteiger partial charge in [0.15, 0.2) is 0 Å². The Morgan fingerprint density at radius 1 is 1.36 bits per heavy atom. The lowest BCUT2D eigenvalue weighted by molar-refractivity contribution is 0.327. The first kappa shape index (κ1) is 9.97. The van der Waals surface area contributed by atoms with Crippen molar-refractivity contribution in [1.82, 2.24) is 4.90 Å². The van der Waals surface area contributed by atoms with Crippen LogP contribution >= 0.6 is 11.6 Å². The molecule has 1 saturated heterocycles. The third kappa shape index (κ3) is 2.47. The summed E-state index contributed by atoms with van der Waals surface area (Å²) in [6.07, 6.45) is 1.12. The molecule has 1 heterocycles. The third-order valence-electron chi connectivity index (χ3n) is 2.63. The van der Waals surface area contributed by atoms with Crippen molar-refractivity contribution < 1.29 is 0 Å². The molecule has 0 unspecified atom stereocenters. The van der Waals surface area contributed by atoms with Crippen molar-refractivity contribution in [3.8, 4) is 0 Å². The van der Waals surface area contributed by atoms with E-state index in [0.29, 0.717) is 6.04 Å². The minimum atomic E-state index is 0.363. The van der Waals surface area contributed by atoms with Gasteiger partial charge in [-0.15, -0.1) is 0 Å². The number of nitrogens with two attached hydrogens (primary N) is 1. The van der Waals surface area contributed by atoms with Crippen LogP contribution in [0.2, 0.25) is 5.02 Å². The van der Waals surface area contributed by atoms with Crippen LogP contribution in [0.1, 0.15) is 12.0 Å². The second kappa shape index (κ2) is 4.30. The summed E-state index contributed by atoms with van der Waals surface area (Å²) in [5.74, 6) is 0. The van der Waals surface area contributed by atoms with Gasteiger partial charge >= 0.3 is 0 Å². The average Bonchev–Trinajstić information content (AvgIpc) is 2.56. The number of halogens is 1. The van der Waals surface area contributed by atoms with Crippen LogP contribution in [0.15, 0.2) is 24.3 Å². The fourth-order valence-corrected chi connectivity index (χ4v) is 1.98. The fourth-order valence-electron chi connectivity index (χ4n) is 1.85. The molecule has 0 amide bonds. The van der Waals surface area contributed by atoms with E-state index in [1.54, 1.807) is 0 Å². The Morgan fingerprint density at radius 3 is 2.64 bits per heavy atom. The molecule has 3 heteroatoms. The first-order valence-corrected chi connectivity index (χ1v) is 5.34. The smallest absolute Gasteiger partial charge is 0.0406 e. The van der Waals surface area contributed by atoms with E-state index in [2.05, 4.69) is 17.0 Å². The Kier molecular flexibility index (Phi) is 3.06. The molecule has 14 heavy (non-hydrogen) atoms. The van der Waals surface area contributed by atoms with Crippen LogP contribution < -0.4 is 5.73 Å². The number of rotatable bonds is 2. The predicted molar refractivity (Wildman–Crippen MR) is 59.3 cm³/mol. The molecule has 0 aromatic heterocycles. The minimum Gasteiger partial charge on any atom is -0.326 e. The Hall–Kier alpha value is -0.570. The first-order valence-electron chi connectivity index (χ1n) is 4.96. The summed E-state index contributed by atoms with van der Waals surface area (Å²) in [5, 5.41) is 0.798. The molecule has 2 N–H and O–H groups in total. The summed E-state index contributed by atoms with van der Waals surface area (Å²) in [6.45, 7) is 3.12. The predicted octanol–water partition coefficient (Wildman–Crippen LogP) is 1.87. The molecule has 1 aliphatic rings. The van der Waals surface area contributed by atoms with Gasteiger partial charge in [0.25, 0.3) is 0 Å². The molecule has 1 aromatic rings. The Bertz CT molecular complexity index is 297. The van der Waals surface area contributed by atoms with E-state index in [4.69, 9.17) is 17.3 Å². The summed E-state index contributed by atoms with van der Waals surface area (Å²) < 4.78 is 0. The zero-order valence-corrected chi connectivity index (χ0v) is 8.87. The maximum absolute atomic E-state index is 5.84. The van der Waals surface area contributed by atoms with Crippen LogP contribution in [0.4, 0.5) is 0 Å². The summed E-state index contributed by atoms with van der Waals surface area (Å²) in [5.41, 5.74) is 7.15. The monoisotopic (exact) mass is 210 g/mol. The van der Waals surface area contributed by atoms with Crippen LogP contribution in [0.25, 0.3) is 0 Å². The molecule has 0 saturated carbocycles. The van der Waals surface area contributed by atoms with Crippen LogP contribution in [0, 0.1) is 0 Å². The standard InChI is InChI=1S/C11H15ClN2/c12-10-3-1-9(2-4-10)7-14-6-5-11(13)8-14/h1-4,11H,5-8,13H2/t11-/m0/s1. The Balaban J connectivity index is 1.94. The van der Waals surface area contributed by atoms with Crippen LogP contribution in [-0.4, -0.2) is 24.0 Å². The van der Waals surface area contributed by atoms with Gasteiger partial charge < -0.3 is 5.73 Å². The SMILES string of the molecule is N[C@H]1CCN(Cc2ccc(Cl)cc2)C1. The lowest BCUT2D eigenvalue weighted by Crippen LogP contribution is -2.26. The molecule has 76 valence electrons. The number of nitrogens with zero attached hydrogens (tertiary/aromatic N) is 1. The zero-order valence-electron chi connectivity index (χ0n) is 8.12. The highest BCUT2D eigenvalue weighted by Crippen LogP contribution is 2.14. The second-order valence-electron chi connectivity index (χ2n) is 3.91. The number of benzene rings is 1. The number of hydrogen-bond donors (Lipinski definition) is 1. The molecule has 2 rings (SSSR count). The molecule has 1 aliphatic heterocycles. The molecule has 1 fully saturated rings. The molecule has 0 radical (unpaired) electrons. The van der Waals surface area contributed by atoms with Crippen molar-refractivity contribution in [2.75, 3.05) is 13.1 Å². The maximum atomic E-state index is 5.84. The Labute approximate surface area is 89.7 Å². The molecule has 0 bridgehead atoms. The van der Waals surface area contributed by atoms with Gasteiger partial charge in [0, 0.05) is 30.7 Å². The van der Waals surface area contributed by atoms with Gasteiger partial charge in [0.1, 0.15) is 0 Å². The van der Waals surface area contributed by atoms with Crippen LogP contribution in [0.5, 0.6) is 0 Å². The highest BCUT2D eigenvalue weighted by molar-refractivity contribution is 6.30. The van der Waals surface area contributed by atoms with E-state index in [-0.39, 0.29) is 0 Å². The highest BCUT2D eigenvalue weighted by Gasteiger charge is 2.18. The first-order chi connectivity index (χ1) is 6.74. The second-order valence-corrected chi connectivity index (χ2v) is 4.35. The summed E-state index contributed by atoms with van der Waals surface area (Å²) in [4.78, 5) is 2.38. The lowest BCUT2D eigenvalue weighted by Gasteiger charge is -2.14. The van der Waals surface area contributed by atoms with Crippen LogP contribution in [-0.2, 0) is 6.54 Å². The van der Waals surface area contributed by atoms with E-state index < -0.39 is 0 Å². The van der Waals surface area contributed by atoms with Crippen LogP contribution in [0.3, 0.4) is 0 Å². The van der Waals surface area contributed by atoms with Gasteiger partial charge in [-0.1, -0.05) is 23.7 Å². The normalized spacial score (nSPS) is 22.9. The molecular formula is C11H15ClN2. The summed E-state index contributed by atoms with van der Waals surface area (Å²) in [6, 6.07) is 8.39. The quantitative estimate of drug-likeness (QED) is 0.808. The molecule has 0 aliphatic carbocycles. The summed E-state index contributed by atoms with van der Waals surface area (Å²) in [7, 11) is 0. The van der Waals surface area contributed by atoms with Gasteiger partial charge in [0.2, 0.25) is 0 Å². The van der Waals surface area contributed by atoms with Gasteiger partial charge in [-0.25, -0.2) is 0 Å². The van der Waals surface area contributed by atoms with E-state index in [9.17, 15) is 0 Å².